The van der Waals surface area contributed by atoms with Gasteiger partial charge in [-0.15, -0.1) is 0 Å². The number of methoxy groups -OCH3 is 2. The van der Waals surface area contributed by atoms with Crippen LogP contribution < -0.4 is 14.8 Å². The number of nitrogens with zero attached hydrogens (tertiary/aromatic N) is 3. The molecule has 0 saturated heterocycles. The summed E-state index contributed by atoms with van der Waals surface area (Å²) in [4.78, 5) is 2.84. The molecular formula is C13H20N4O2. The maximum absolute atomic E-state index is 8.61. The van der Waals surface area contributed by atoms with E-state index >= 15 is 0 Å². The van der Waals surface area contributed by atoms with Gasteiger partial charge in [0.2, 0.25) is 0 Å². The summed E-state index contributed by atoms with van der Waals surface area (Å²) in [6, 6.07) is 3.52. The molecule has 0 heterocycles. The zero-order chi connectivity index (χ0) is 14.1. The van der Waals surface area contributed by atoms with Crippen LogP contribution in [0.4, 0.5) is 5.69 Å². The Labute approximate surface area is 113 Å². The number of benzene rings is 1. The largest absolute Gasteiger partial charge is 0.493 e. The first-order chi connectivity index (χ1) is 9.26. The lowest BCUT2D eigenvalue weighted by Gasteiger charge is -2.13. The number of nitrogens with one attached hydrogen (secondary N) is 1. The quantitative estimate of drug-likeness (QED) is 0.337. The van der Waals surface area contributed by atoms with Crippen LogP contribution in [0.2, 0.25) is 0 Å². The third-order valence-corrected chi connectivity index (χ3v) is 2.76. The van der Waals surface area contributed by atoms with Gasteiger partial charge in [-0.2, -0.15) is 0 Å². The van der Waals surface area contributed by atoms with E-state index in [9.17, 15) is 0 Å². The van der Waals surface area contributed by atoms with Gasteiger partial charge in [-0.3, -0.25) is 0 Å². The molecule has 0 aliphatic carbocycles. The Balaban J connectivity index is 2.95. The highest BCUT2D eigenvalue weighted by molar-refractivity contribution is 5.57. The predicted molar refractivity (Wildman–Crippen MR) is 75.0 cm³/mol. The summed E-state index contributed by atoms with van der Waals surface area (Å²) in [5, 5.41) is 7.01. The van der Waals surface area contributed by atoms with Crippen LogP contribution in [0.3, 0.4) is 0 Å². The van der Waals surface area contributed by atoms with Gasteiger partial charge in [0.15, 0.2) is 11.5 Å². The second kappa shape index (κ2) is 8.24. The van der Waals surface area contributed by atoms with Crippen LogP contribution in [0.25, 0.3) is 10.4 Å². The van der Waals surface area contributed by atoms with Crippen molar-refractivity contribution in [1.29, 1.82) is 0 Å². The smallest absolute Gasteiger partial charge is 0.161 e. The second-order valence-corrected chi connectivity index (χ2v) is 4.06. The summed E-state index contributed by atoms with van der Waals surface area (Å²) in [5.74, 6) is 1.19. The monoisotopic (exact) mass is 264 g/mol. The molecule has 1 rings (SSSR count). The molecule has 1 aromatic carbocycles. The number of hydrogen-bond donors (Lipinski definition) is 1. The molecule has 104 valence electrons. The Hall–Kier alpha value is -1.91. The SMILES string of the molecule is CCCCNCc1cc(OC)c(OC)cc1N=[N+]=[N-]. The van der Waals surface area contributed by atoms with Crippen LogP contribution in [0.5, 0.6) is 11.5 Å². The van der Waals surface area contributed by atoms with Crippen LogP contribution >= 0.6 is 0 Å². The lowest BCUT2D eigenvalue weighted by Crippen LogP contribution is -2.14. The third kappa shape index (κ3) is 4.35. The van der Waals surface area contributed by atoms with E-state index in [0.717, 1.165) is 24.9 Å². The van der Waals surface area contributed by atoms with Crippen molar-refractivity contribution in [2.75, 3.05) is 20.8 Å². The van der Waals surface area contributed by atoms with Crippen LogP contribution in [0, 0.1) is 0 Å². The Morgan fingerprint density at radius 1 is 1.26 bits per heavy atom. The molecule has 1 aromatic rings. The molecule has 0 radical (unpaired) electrons. The van der Waals surface area contributed by atoms with E-state index in [2.05, 4.69) is 22.3 Å². The van der Waals surface area contributed by atoms with E-state index in [4.69, 9.17) is 15.0 Å². The first-order valence-electron chi connectivity index (χ1n) is 6.27. The summed E-state index contributed by atoms with van der Waals surface area (Å²) in [5.41, 5.74) is 10.1. The number of unbranched alkanes of at least 4 members (excludes halogenated alkanes) is 1. The topological polar surface area (TPSA) is 79.2 Å². The van der Waals surface area contributed by atoms with Gasteiger partial charge in [0.25, 0.3) is 0 Å². The average Bonchev–Trinajstić information content (AvgIpc) is 2.44. The van der Waals surface area contributed by atoms with Crippen molar-refractivity contribution >= 4 is 5.69 Å². The minimum atomic E-state index is 0.558. The van der Waals surface area contributed by atoms with Gasteiger partial charge in [-0.1, -0.05) is 18.5 Å². The zero-order valence-electron chi connectivity index (χ0n) is 11.6. The molecule has 1 N–H and O–H groups in total. The molecule has 0 aliphatic heterocycles. The fourth-order valence-electron chi connectivity index (χ4n) is 1.72. The Kier molecular flexibility index (Phi) is 6.57. The summed E-state index contributed by atoms with van der Waals surface area (Å²) < 4.78 is 10.4. The van der Waals surface area contributed by atoms with Crippen molar-refractivity contribution in [3.8, 4) is 11.5 Å². The Bertz CT molecular complexity index is 456. The molecule has 6 heteroatoms. The summed E-state index contributed by atoms with van der Waals surface area (Å²) in [7, 11) is 3.14. The molecule has 0 atom stereocenters. The van der Waals surface area contributed by atoms with E-state index in [1.54, 1.807) is 20.3 Å². The van der Waals surface area contributed by atoms with E-state index in [1.165, 1.54) is 0 Å². The Morgan fingerprint density at radius 2 is 1.95 bits per heavy atom. The van der Waals surface area contributed by atoms with Crippen molar-refractivity contribution < 1.29 is 9.47 Å². The van der Waals surface area contributed by atoms with Gasteiger partial charge in [0.05, 0.1) is 14.2 Å². The normalized spacial score (nSPS) is 9.84. The van der Waals surface area contributed by atoms with E-state index in [-0.39, 0.29) is 0 Å². The van der Waals surface area contributed by atoms with Crippen molar-refractivity contribution in [2.24, 2.45) is 5.11 Å². The summed E-state index contributed by atoms with van der Waals surface area (Å²) in [6.07, 6.45) is 2.26. The molecule has 6 nitrogen and oxygen atoms in total. The highest BCUT2D eigenvalue weighted by Gasteiger charge is 2.09. The minimum absolute atomic E-state index is 0.558. The number of ether oxygens (including phenoxy) is 2. The molecule has 0 fully saturated rings. The fourth-order valence-corrected chi connectivity index (χ4v) is 1.72. The van der Waals surface area contributed by atoms with Gasteiger partial charge in [-0.25, -0.2) is 0 Å². The van der Waals surface area contributed by atoms with Crippen LogP contribution in [0.1, 0.15) is 25.3 Å². The van der Waals surface area contributed by atoms with Crippen LogP contribution in [-0.4, -0.2) is 20.8 Å². The van der Waals surface area contributed by atoms with Gasteiger partial charge >= 0.3 is 0 Å². The third-order valence-electron chi connectivity index (χ3n) is 2.76. The average molecular weight is 264 g/mol. The lowest BCUT2D eigenvalue weighted by atomic mass is 10.1. The number of hydrogen-bond acceptors (Lipinski definition) is 4. The molecule has 0 unspecified atom stereocenters. The lowest BCUT2D eigenvalue weighted by molar-refractivity contribution is 0.354. The molecular weight excluding hydrogens is 244 g/mol. The molecule has 19 heavy (non-hydrogen) atoms. The summed E-state index contributed by atoms with van der Waals surface area (Å²) in [6.45, 7) is 3.71. The highest BCUT2D eigenvalue weighted by Crippen LogP contribution is 2.34. The fraction of sp³-hybridized carbons (Fsp3) is 0.538. The van der Waals surface area contributed by atoms with E-state index < -0.39 is 0 Å². The van der Waals surface area contributed by atoms with E-state index in [0.29, 0.717) is 23.7 Å². The van der Waals surface area contributed by atoms with Crippen molar-refractivity contribution in [1.82, 2.24) is 5.32 Å². The highest BCUT2D eigenvalue weighted by atomic mass is 16.5. The Morgan fingerprint density at radius 3 is 2.53 bits per heavy atom. The maximum Gasteiger partial charge on any atom is 0.161 e. The molecule has 0 spiro atoms. The van der Waals surface area contributed by atoms with Crippen molar-refractivity contribution in [3.63, 3.8) is 0 Å². The van der Waals surface area contributed by atoms with Gasteiger partial charge < -0.3 is 14.8 Å². The standard InChI is InChI=1S/C13H20N4O2/c1-4-5-6-15-9-10-7-12(18-2)13(19-3)8-11(10)16-17-14/h7-8,15H,4-6,9H2,1-3H3. The van der Waals surface area contributed by atoms with Gasteiger partial charge in [0, 0.05) is 17.1 Å². The molecule has 0 aliphatic rings. The molecule has 0 saturated carbocycles. The first kappa shape index (κ1) is 15.1. The van der Waals surface area contributed by atoms with Crippen LogP contribution in [0.15, 0.2) is 17.2 Å². The number of rotatable bonds is 8. The molecule has 0 bridgehead atoms. The number of azide groups is 1. The second-order valence-electron chi connectivity index (χ2n) is 4.06. The van der Waals surface area contributed by atoms with E-state index in [1.807, 2.05) is 6.07 Å². The first-order valence-corrected chi connectivity index (χ1v) is 6.27. The molecule has 0 amide bonds. The van der Waals surface area contributed by atoms with Crippen molar-refractivity contribution in [2.45, 2.75) is 26.3 Å². The summed E-state index contributed by atoms with van der Waals surface area (Å²) >= 11 is 0. The maximum atomic E-state index is 8.61. The predicted octanol–water partition coefficient (Wildman–Crippen LogP) is 3.54. The van der Waals surface area contributed by atoms with Gasteiger partial charge in [-0.05, 0) is 36.2 Å². The van der Waals surface area contributed by atoms with Crippen molar-refractivity contribution in [3.05, 3.63) is 28.1 Å². The minimum Gasteiger partial charge on any atom is -0.493 e. The molecule has 0 aromatic heterocycles. The van der Waals surface area contributed by atoms with Crippen LogP contribution in [-0.2, 0) is 6.54 Å². The van der Waals surface area contributed by atoms with Gasteiger partial charge in [0.1, 0.15) is 0 Å². The zero-order valence-corrected chi connectivity index (χ0v) is 11.6.